The van der Waals surface area contributed by atoms with Gasteiger partial charge in [0.05, 0.1) is 7.11 Å². The zero-order valence-electron chi connectivity index (χ0n) is 11.1. The average molecular weight is 236 g/mol. The second-order valence-corrected chi connectivity index (χ2v) is 5.11. The second-order valence-electron chi connectivity index (χ2n) is 5.11. The van der Waals surface area contributed by atoms with Gasteiger partial charge in [-0.2, -0.15) is 0 Å². The van der Waals surface area contributed by atoms with E-state index in [9.17, 15) is 0 Å². The number of nitrogens with one attached hydrogen (secondary N) is 1. The highest BCUT2D eigenvalue weighted by Gasteiger charge is 2.14. The molecular weight excluding hydrogens is 212 g/mol. The highest BCUT2D eigenvalue weighted by atomic mass is 16.5. The third kappa shape index (κ3) is 4.75. The van der Waals surface area contributed by atoms with Crippen molar-refractivity contribution in [1.82, 2.24) is 5.32 Å². The van der Waals surface area contributed by atoms with E-state index in [0.717, 1.165) is 31.8 Å². The number of para-hydroxylation sites is 1. The minimum absolute atomic E-state index is 0.216. The van der Waals surface area contributed by atoms with Crippen molar-refractivity contribution in [1.29, 1.82) is 0 Å². The molecule has 3 N–H and O–H groups in total. The molecule has 0 aliphatic carbocycles. The molecule has 3 heteroatoms. The fourth-order valence-corrected chi connectivity index (χ4v) is 1.60. The predicted octanol–water partition coefficient (Wildman–Crippen LogP) is 2.16. The molecule has 96 valence electrons. The van der Waals surface area contributed by atoms with E-state index in [1.165, 1.54) is 5.56 Å². The van der Waals surface area contributed by atoms with Crippen molar-refractivity contribution >= 4 is 0 Å². The summed E-state index contributed by atoms with van der Waals surface area (Å²) in [6.45, 7) is 6.92. The molecule has 0 fully saturated rings. The van der Waals surface area contributed by atoms with Crippen LogP contribution in [0.4, 0.5) is 0 Å². The van der Waals surface area contributed by atoms with E-state index in [-0.39, 0.29) is 5.41 Å². The summed E-state index contributed by atoms with van der Waals surface area (Å²) in [4.78, 5) is 0. The van der Waals surface area contributed by atoms with E-state index in [1.54, 1.807) is 7.11 Å². The third-order valence-electron chi connectivity index (χ3n) is 3.04. The molecule has 0 aromatic heterocycles. The van der Waals surface area contributed by atoms with Crippen LogP contribution in [0, 0.1) is 5.41 Å². The van der Waals surface area contributed by atoms with E-state index in [2.05, 4.69) is 25.2 Å². The quantitative estimate of drug-likeness (QED) is 0.713. The maximum atomic E-state index is 5.70. The highest BCUT2D eigenvalue weighted by Crippen LogP contribution is 2.18. The third-order valence-corrected chi connectivity index (χ3v) is 3.04. The van der Waals surface area contributed by atoms with Crippen LogP contribution in [0.2, 0.25) is 0 Å². The van der Waals surface area contributed by atoms with Crippen molar-refractivity contribution < 1.29 is 4.74 Å². The maximum absolute atomic E-state index is 5.70. The molecule has 0 unspecified atom stereocenters. The Morgan fingerprint density at radius 3 is 2.65 bits per heavy atom. The Kier molecular flexibility index (Phi) is 5.45. The Morgan fingerprint density at radius 2 is 2.00 bits per heavy atom. The summed E-state index contributed by atoms with van der Waals surface area (Å²) in [6, 6.07) is 8.09. The molecule has 0 aliphatic heterocycles. The molecule has 0 saturated carbocycles. The standard InChI is InChI=1S/C14H24N2O/c1-14(2,11-15)8-9-16-10-12-6-4-5-7-13(12)17-3/h4-7,16H,8-11,15H2,1-3H3. The summed E-state index contributed by atoms with van der Waals surface area (Å²) in [5, 5.41) is 3.43. The topological polar surface area (TPSA) is 47.3 Å². The first-order valence-corrected chi connectivity index (χ1v) is 6.12. The number of rotatable bonds is 7. The van der Waals surface area contributed by atoms with Gasteiger partial charge in [-0.3, -0.25) is 0 Å². The molecule has 0 amide bonds. The molecule has 0 aliphatic rings. The summed E-state index contributed by atoms with van der Waals surface area (Å²) in [6.07, 6.45) is 1.08. The fourth-order valence-electron chi connectivity index (χ4n) is 1.60. The van der Waals surface area contributed by atoms with Gasteiger partial charge in [0.1, 0.15) is 5.75 Å². The molecule has 17 heavy (non-hydrogen) atoms. The molecule has 1 aromatic carbocycles. The predicted molar refractivity (Wildman–Crippen MR) is 72.2 cm³/mol. The SMILES string of the molecule is COc1ccccc1CNCCC(C)(C)CN. The molecule has 0 radical (unpaired) electrons. The number of benzene rings is 1. The molecular formula is C14H24N2O. The molecule has 0 heterocycles. The second kappa shape index (κ2) is 6.62. The number of methoxy groups -OCH3 is 1. The van der Waals surface area contributed by atoms with Crippen LogP contribution in [0.25, 0.3) is 0 Å². The number of hydrogen-bond acceptors (Lipinski definition) is 3. The summed E-state index contributed by atoms with van der Waals surface area (Å²) < 4.78 is 5.30. The van der Waals surface area contributed by atoms with Crippen LogP contribution in [0.3, 0.4) is 0 Å². The number of ether oxygens (including phenoxy) is 1. The first-order chi connectivity index (χ1) is 8.09. The van der Waals surface area contributed by atoms with Crippen molar-refractivity contribution in [2.45, 2.75) is 26.8 Å². The maximum Gasteiger partial charge on any atom is 0.123 e. The summed E-state index contributed by atoms with van der Waals surface area (Å²) in [5.74, 6) is 0.943. The zero-order valence-corrected chi connectivity index (χ0v) is 11.1. The van der Waals surface area contributed by atoms with E-state index in [1.807, 2.05) is 18.2 Å². The zero-order chi connectivity index (χ0) is 12.7. The average Bonchev–Trinajstić information content (AvgIpc) is 2.35. The van der Waals surface area contributed by atoms with Gasteiger partial charge in [-0.25, -0.2) is 0 Å². The van der Waals surface area contributed by atoms with Crippen LogP contribution in [-0.2, 0) is 6.54 Å². The largest absolute Gasteiger partial charge is 0.496 e. The normalized spacial score (nSPS) is 11.5. The van der Waals surface area contributed by atoms with Gasteiger partial charge in [0, 0.05) is 12.1 Å². The lowest BCUT2D eigenvalue weighted by atomic mass is 9.90. The van der Waals surface area contributed by atoms with Crippen molar-refractivity contribution in [3.8, 4) is 5.75 Å². The lowest BCUT2D eigenvalue weighted by Crippen LogP contribution is -2.28. The Hall–Kier alpha value is -1.06. The van der Waals surface area contributed by atoms with Gasteiger partial charge < -0.3 is 15.8 Å². The summed E-state index contributed by atoms with van der Waals surface area (Å²) >= 11 is 0. The monoisotopic (exact) mass is 236 g/mol. The molecule has 1 aromatic rings. The van der Waals surface area contributed by atoms with E-state index >= 15 is 0 Å². The van der Waals surface area contributed by atoms with Gasteiger partial charge in [-0.1, -0.05) is 32.0 Å². The first-order valence-electron chi connectivity index (χ1n) is 6.12. The van der Waals surface area contributed by atoms with Crippen LogP contribution in [0.5, 0.6) is 5.75 Å². The van der Waals surface area contributed by atoms with E-state index in [4.69, 9.17) is 10.5 Å². The van der Waals surface area contributed by atoms with Gasteiger partial charge >= 0.3 is 0 Å². The Labute approximate surface area is 104 Å². The highest BCUT2D eigenvalue weighted by molar-refractivity contribution is 5.32. The van der Waals surface area contributed by atoms with Crippen LogP contribution in [-0.4, -0.2) is 20.2 Å². The van der Waals surface area contributed by atoms with Gasteiger partial charge in [-0.15, -0.1) is 0 Å². The van der Waals surface area contributed by atoms with Crippen LogP contribution in [0.15, 0.2) is 24.3 Å². The van der Waals surface area contributed by atoms with Gasteiger partial charge in [0.25, 0.3) is 0 Å². The van der Waals surface area contributed by atoms with Crippen molar-refractivity contribution in [3.05, 3.63) is 29.8 Å². The summed E-state index contributed by atoms with van der Waals surface area (Å²) in [5.41, 5.74) is 7.11. The van der Waals surface area contributed by atoms with Crippen LogP contribution >= 0.6 is 0 Å². The minimum atomic E-state index is 0.216. The molecule has 0 atom stereocenters. The molecule has 3 nitrogen and oxygen atoms in total. The molecule has 0 saturated heterocycles. The van der Waals surface area contributed by atoms with Crippen LogP contribution < -0.4 is 15.8 Å². The number of hydrogen-bond donors (Lipinski definition) is 2. The van der Waals surface area contributed by atoms with Gasteiger partial charge in [0.2, 0.25) is 0 Å². The smallest absolute Gasteiger partial charge is 0.123 e. The first kappa shape index (κ1) is 14.0. The Bertz CT molecular complexity index is 337. The lowest BCUT2D eigenvalue weighted by Gasteiger charge is -2.22. The molecule has 1 rings (SSSR count). The van der Waals surface area contributed by atoms with Crippen molar-refractivity contribution in [2.24, 2.45) is 11.1 Å². The lowest BCUT2D eigenvalue weighted by molar-refractivity contribution is 0.338. The summed E-state index contributed by atoms with van der Waals surface area (Å²) in [7, 11) is 1.70. The van der Waals surface area contributed by atoms with Crippen LogP contribution in [0.1, 0.15) is 25.8 Å². The fraction of sp³-hybridized carbons (Fsp3) is 0.571. The van der Waals surface area contributed by atoms with Crippen molar-refractivity contribution in [2.75, 3.05) is 20.2 Å². The molecule has 0 spiro atoms. The van der Waals surface area contributed by atoms with Gasteiger partial charge in [0.15, 0.2) is 0 Å². The minimum Gasteiger partial charge on any atom is -0.496 e. The van der Waals surface area contributed by atoms with Crippen molar-refractivity contribution in [3.63, 3.8) is 0 Å². The van der Waals surface area contributed by atoms with E-state index in [0.29, 0.717) is 0 Å². The van der Waals surface area contributed by atoms with Gasteiger partial charge in [-0.05, 0) is 31.0 Å². The Morgan fingerprint density at radius 1 is 1.29 bits per heavy atom. The Balaban J connectivity index is 2.36. The number of nitrogens with two attached hydrogens (primary N) is 1. The van der Waals surface area contributed by atoms with E-state index < -0.39 is 0 Å². The molecule has 0 bridgehead atoms.